The zero-order chi connectivity index (χ0) is 5.86. The lowest BCUT2D eigenvalue weighted by atomic mass is 11.9. The van der Waals surface area contributed by atoms with Crippen LogP contribution in [0.1, 0.15) is 0 Å². The van der Waals surface area contributed by atoms with Crippen LogP contribution >= 0.6 is 0 Å². The predicted octanol–water partition coefficient (Wildman–Crippen LogP) is -3.41. The standard InChI is InChI=1S/C2H16Si5/c1-6(2)5-7(3)4/h6-7H,5H2,1-4H3. The van der Waals surface area contributed by atoms with Crippen molar-refractivity contribution in [3.05, 3.63) is 0 Å². The van der Waals surface area contributed by atoms with Crippen LogP contribution in [0.15, 0.2) is 0 Å². The molecular weight excluding hydrogens is 164 g/mol. The summed E-state index contributed by atoms with van der Waals surface area (Å²) in [5.74, 6) is 0. The highest BCUT2D eigenvalue weighted by Gasteiger charge is 1.99. The molecule has 0 N–H and O–H groups in total. The number of hydrogen-bond acceptors (Lipinski definition) is 0. The topological polar surface area (TPSA) is 0 Å². The summed E-state index contributed by atoms with van der Waals surface area (Å²) in [4.78, 5) is 0. The second kappa shape index (κ2) is 4.01. The summed E-state index contributed by atoms with van der Waals surface area (Å²) in [6.45, 7) is 5.09. The fraction of sp³-hybridized carbons (Fsp3) is 1.00. The third-order valence-corrected chi connectivity index (χ3v) is 50.9. The highest BCUT2D eigenvalue weighted by molar-refractivity contribution is 7.64. The predicted molar refractivity (Wildman–Crippen MR) is 54.4 cm³/mol. The molecule has 0 aliphatic rings. The van der Waals surface area contributed by atoms with Gasteiger partial charge >= 0.3 is 0 Å². The molecule has 0 saturated carbocycles. The average Bonchev–Trinajstić information content (AvgIpc) is 1.27. The van der Waals surface area contributed by atoms with Gasteiger partial charge in [0.15, 0.2) is 0 Å². The van der Waals surface area contributed by atoms with E-state index in [0.29, 0.717) is 8.55 Å². The first-order chi connectivity index (χ1) is 3.13. The van der Waals surface area contributed by atoms with Gasteiger partial charge in [0.1, 0.15) is 0 Å². The lowest BCUT2D eigenvalue weighted by molar-refractivity contribution is 2.10. The summed E-state index contributed by atoms with van der Waals surface area (Å²) < 4.78 is 0. The van der Waals surface area contributed by atoms with Crippen LogP contribution in [0.5, 0.6) is 0 Å². The Hall–Kier alpha value is 1.08. The second-order valence-electron chi connectivity index (χ2n) is 3.02. The Balaban J connectivity index is 2.95. The molecule has 7 heavy (non-hydrogen) atoms. The van der Waals surface area contributed by atoms with E-state index < -0.39 is 0 Å². The molecule has 0 fully saturated rings. The van der Waals surface area contributed by atoms with Crippen LogP contribution in [-0.4, -0.2) is 43.7 Å². The Morgan fingerprint density at radius 3 is 1.71 bits per heavy atom. The maximum Gasteiger partial charge on any atom is 0.0146 e. The summed E-state index contributed by atoms with van der Waals surface area (Å²) in [7, 11) is 4.30. The van der Waals surface area contributed by atoms with Crippen LogP contribution in [0.25, 0.3) is 0 Å². The molecule has 0 aromatic heterocycles. The lowest BCUT2D eigenvalue weighted by Crippen LogP contribution is -2.33. The molecule has 0 atom stereocenters. The van der Waals surface area contributed by atoms with Crippen molar-refractivity contribution in [3.8, 4) is 0 Å². The zero-order valence-corrected chi connectivity index (χ0v) is 13.6. The lowest BCUT2D eigenvalue weighted by Gasteiger charge is -2.01. The molecule has 0 rings (SSSR count). The third-order valence-electron chi connectivity index (χ3n) is 0.943. The summed E-state index contributed by atoms with van der Waals surface area (Å²) in [5.41, 5.74) is 0. The number of rotatable bonds is 2. The van der Waals surface area contributed by atoms with Crippen LogP contribution in [0.2, 0.25) is 13.1 Å². The van der Waals surface area contributed by atoms with Crippen molar-refractivity contribution in [2.45, 2.75) is 13.1 Å². The van der Waals surface area contributed by atoms with E-state index in [1.165, 1.54) is 0 Å². The van der Waals surface area contributed by atoms with Crippen LogP contribution < -0.4 is 0 Å². The first-order valence-corrected chi connectivity index (χ1v) is 21.2. The fourth-order valence-electron chi connectivity index (χ4n) is 0.943. The van der Waals surface area contributed by atoms with Crippen LogP contribution in [0.3, 0.4) is 0 Å². The Labute approximate surface area is 57.1 Å². The molecule has 0 radical (unpaired) electrons. The van der Waals surface area contributed by atoms with Gasteiger partial charge < -0.3 is 0 Å². The molecule has 0 saturated heterocycles. The van der Waals surface area contributed by atoms with E-state index in [1.54, 1.807) is 19.5 Å². The van der Waals surface area contributed by atoms with Crippen molar-refractivity contribution >= 4 is 43.7 Å². The van der Waals surface area contributed by atoms with Crippen molar-refractivity contribution in [3.63, 3.8) is 0 Å². The molecule has 44 valence electrons. The molecule has 0 spiro atoms. The van der Waals surface area contributed by atoms with Gasteiger partial charge in [0, 0.05) is 8.31 Å². The first-order valence-electron chi connectivity index (χ1n) is 3.13. The Kier molecular flexibility index (Phi) is 4.63. The summed E-state index contributed by atoms with van der Waals surface area (Å²) in [6, 6.07) is 0. The minimum Gasteiger partial charge on any atom is -0.0748 e. The quantitative estimate of drug-likeness (QED) is 0.389. The van der Waals surface area contributed by atoms with Crippen molar-refractivity contribution in [2.75, 3.05) is 0 Å². The summed E-state index contributed by atoms with van der Waals surface area (Å²) in [6.07, 6.45) is 0. The minimum atomic E-state index is 0.0417. The molecule has 0 heterocycles. The highest BCUT2D eigenvalue weighted by Crippen LogP contribution is 1.74. The molecule has 0 aromatic carbocycles. The third kappa shape index (κ3) is 7.08. The van der Waals surface area contributed by atoms with Crippen LogP contribution in [-0.2, 0) is 0 Å². The Bertz CT molecular complexity index is 35.3. The largest absolute Gasteiger partial charge is 0.0748 e. The summed E-state index contributed by atoms with van der Waals surface area (Å²) in [5, 5.41) is 0. The molecule has 0 aliphatic carbocycles. The van der Waals surface area contributed by atoms with E-state index in [-0.39, 0.29) is 15.7 Å². The van der Waals surface area contributed by atoms with E-state index in [1.807, 2.05) is 0 Å². The van der Waals surface area contributed by atoms with E-state index in [0.717, 1.165) is 0 Å². The highest BCUT2D eigenvalue weighted by atomic mass is 29.9. The van der Waals surface area contributed by atoms with Crippen LogP contribution in [0, 0.1) is 0 Å². The van der Waals surface area contributed by atoms with E-state index >= 15 is 0 Å². The van der Waals surface area contributed by atoms with Crippen LogP contribution in [0.4, 0.5) is 0 Å². The summed E-state index contributed by atoms with van der Waals surface area (Å²) >= 11 is 0. The molecule has 0 unspecified atom stereocenters. The van der Waals surface area contributed by atoms with E-state index in [9.17, 15) is 0 Å². The van der Waals surface area contributed by atoms with Gasteiger partial charge in [-0.1, -0.05) is 13.1 Å². The van der Waals surface area contributed by atoms with Gasteiger partial charge in [-0.15, -0.1) is 0 Å². The first kappa shape index (κ1) is 8.08. The molecular formula is C2H16Si5. The van der Waals surface area contributed by atoms with Crippen molar-refractivity contribution < 1.29 is 0 Å². The molecule has 0 nitrogen and oxygen atoms in total. The monoisotopic (exact) mass is 180 g/mol. The van der Waals surface area contributed by atoms with Gasteiger partial charge in [-0.3, -0.25) is 0 Å². The van der Waals surface area contributed by atoms with E-state index in [4.69, 9.17) is 0 Å². The second-order valence-corrected chi connectivity index (χ2v) is 53.1. The van der Waals surface area contributed by atoms with Crippen molar-refractivity contribution in [1.82, 2.24) is 0 Å². The van der Waals surface area contributed by atoms with Gasteiger partial charge in [0.05, 0.1) is 0 Å². The fourth-order valence-corrected chi connectivity index (χ4v) is 76.4. The maximum atomic E-state index is 2.54. The van der Waals surface area contributed by atoms with Gasteiger partial charge in [-0.2, -0.15) is 0 Å². The number of hydrogen-bond donors (Lipinski definition) is 0. The van der Waals surface area contributed by atoms with Gasteiger partial charge in [0.2, 0.25) is 0 Å². The molecule has 5 heteroatoms. The minimum absolute atomic E-state index is 0.0417. The molecule has 0 amide bonds. The van der Waals surface area contributed by atoms with Crippen molar-refractivity contribution in [1.29, 1.82) is 0 Å². The Morgan fingerprint density at radius 1 is 1.29 bits per heavy atom. The maximum absolute atomic E-state index is 2.54. The van der Waals surface area contributed by atoms with Gasteiger partial charge in [0.25, 0.3) is 0 Å². The van der Waals surface area contributed by atoms with E-state index in [2.05, 4.69) is 13.1 Å². The smallest absolute Gasteiger partial charge is 0.0146 e. The average molecular weight is 181 g/mol. The molecule has 0 aliphatic heterocycles. The van der Waals surface area contributed by atoms with Gasteiger partial charge in [-0.05, 0) is 35.4 Å². The van der Waals surface area contributed by atoms with Gasteiger partial charge in [-0.25, -0.2) is 0 Å². The molecule has 0 aromatic rings. The molecule has 0 bridgehead atoms. The van der Waals surface area contributed by atoms with Crippen molar-refractivity contribution in [2.24, 2.45) is 0 Å². The Morgan fingerprint density at radius 2 is 1.71 bits per heavy atom. The normalized spacial score (nSPS) is 17.6. The SMILES string of the molecule is C[SiH](C)[SiH2][SiH]([SiH3])[SiH3]. The zero-order valence-electron chi connectivity index (χ0n) is 5.86.